The molecule has 0 aromatic carbocycles. The van der Waals surface area contributed by atoms with E-state index in [4.69, 9.17) is 4.74 Å². The lowest BCUT2D eigenvalue weighted by Crippen LogP contribution is -2.48. The molecule has 0 aromatic rings. The van der Waals surface area contributed by atoms with Crippen LogP contribution in [-0.4, -0.2) is 42.0 Å². The third-order valence-corrected chi connectivity index (χ3v) is 3.69. The van der Waals surface area contributed by atoms with Gasteiger partial charge in [0.2, 0.25) is 0 Å². The van der Waals surface area contributed by atoms with Crippen LogP contribution in [0.5, 0.6) is 0 Å². The van der Waals surface area contributed by atoms with E-state index in [0.29, 0.717) is 0 Å². The number of amides is 1. The van der Waals surface area contributed by atoms with Gasteiger partial charge in [-0.15, -0.1) is 13.2 Å². The maximum Gasteiger partial charge on any atom is 0.575 e. The predicted octanol–water partition coefficient (Wildman–Crippen LogP) is 3.48. The standard InChI is InChI=1S/C14H22F3NO4/c1-5-13(10(19)21-14(15,16)17)6-8-18(9-7-13)11(20)22-12(2,3)4/h5-9H2,1-4H3. The number of rotatable bonds is 2. The third kappa shape index (κ3) is 5.06. The highest BCUT2D eigenvalue weighted by molar-refractivity contribution is 5.77. The number of halogens is 3. The van der Waals surface area contributed by atoms with Crippen molar-refractivity contribution >= 4 is 12.1 Å². The van der Waals surface area contributed by atoms with Crippen LogP contribution in [0.1, 0.15) is 47.0 Å². The number of carbonyl (C=O) groups is 2. The number of hydrogen-bond donors (Lipinski definition) is 0. The summed E-state index contributed by atoms with van der Waals surface area (Å²) in [7, 11) is 0. The molecule has 5 nitrogen and oxygen atoms in total. The van der Waals surface area contributed by atoms with Crippen LogP contribution in [0.15, 0.2) is 0 Å². The van der Waals surface area contributed by atoms with Crippen LogP contribution >= 0.6 is 0 Å². The number of esters is 1. The van der Waals surface area contributed by atoms with Gasteiger partial charge in [0, 0.05) is 13.1 Å². The molecule has 0 aliphatic carbocycles. The van der Waals surface area contributed by atoms with Crippen LogP contribution in [0.4, 0.5) is 18.0 Å². The zero-order chi connectivity index (χ0) is 17.2. The van der Waals surface area contributed by atoms with Crippen molar-refractivity contribution in [3.05, 3.63) is 0 Å². The second-order valence-electron chi connectivity index (χ2n) is 6.44. The molecule has 128 valence electrons. The molecule has 0 unspecified atom stereocenters. The predicted molar refractivity (Wildman–Crippen MR) is 71.9 cm³/mol. The highest BCUT2D eigenvalue weighted by atomic mass is 19.4. The molecule has 0 spiro atoms. The molecule has 0 N–H and O–H groups in total. The van der Waals surface area contributed by atoms with E-state index in [9.17, 15) is 22.8 Å². The fraction of sp³-hybridized carbons (Fsp3) is 0.857. The van der Waals surface area contributed by atoms with E-state index in [2.05, 4.69) is 4.74 Å². The first-order valence-electron chi connectivity index (χ1n) is 7.17. The van der Waals surface area contributed by atoms with Crippen LogP contribution in [0.25, 0.3) is 0 Å². The first-order chi connectivity index (χ1) is 9.88. The Morgan fingerprint density at radius 3 is 1.95 bits per heavy atom. The van der Waals surface area contributed by atoms with Crippen molar-refractivity contribution in [3.63, 3.8) is 0 Å². The van der Waals surface area contributed by atoms with Gasteiger partial charge in [-0.2, -0.15) is 0 Å². The number of likely N-dealkylation sites (tertiary alicyclic amines) is 1. The van der Waals surface area contributed by atoms with E-state index < -0.39 is 29.4 Å². The maximum absolute atomic E-state index is 12.2. The molecule has 0 radical (unpaired) electrons. The molecule has 0 atom stereocenters. The summed E-state index contributed by atoms with van der Waals surface area (Å²) in [5, 5.41) is 0. The van der Waals surface area contributed by atoms with E-state index >= 15 is 0 Å². The van der Waals surface area contributed by atoms with E-state index in [1.807, 2.05) is 0 Å². The van der Waals surface area contributed by atoms with Crippen LogP contribution in [0, 0.1) is 5.41 Å². The molecule has 1 aliphatic rings. The second-order valence-corrected chi connectivity index (χ2v) is 6.44. The first-order valence-corrected chi connectivity index (χ1v) is 7.17. The van der Waals surface area contributed by atoms with Gasteiger partial charge in [-0.3, -0.25) is 4.79 Å². The Balaban J connectivity index is 2.68. The monoisotopic (exact) mass is 325 g/mol. The smallest absolute Gasteiger partial charge is 0.444 e. The molecule has 8 heteroatoms. The van der Waals surface area contributed by atoms with Crippen molar-refractivity contribution in [2.75, 3.05) is 13.1 Å². The Kier molecular flexibility index (Phi) is 5.35. The zero-order valence-corrected chi connectivity index (χ0v) is 13.2. The fourth-order valence-electron chi connectivity index (χ4n) is 2.36. The topological polar surface area (TPSA) is 55.8 Å². The summed E-state index contributed by atoms with van der Waals surface area (Å²) in [6.45, 7) is 7.15. The van der Waals surface area contributed by atoms with Gasteiger partial charge >= 0.3 is 18.4 Å². The summed E-state index contributed by atoms with van der Waals surface area (Å²) >= 11 is 0. The van der Waals surface area contributed by atoms with E-state index in [-0.39, 0.29) is 32.4 Å². The van der Waals surface area contributed by atoms with Gasteiger partial charge in [-0.05, 0) is 40.0 Å². The molecular formula is C14H22F3NO4. The summed E-state index contributed by atoms with van der Waals surface area (Å²) in [6, 6.07) is 0. The molecule has 1 aliphatic heterocycles. The molecule has 1 rings (SSSR count). The van der Waals surface area contributed by atoms with Gasteiger partial charge in [0.05, 0.1) is 5.41 Å². The Hall–Kier alpha value is -1.47. The Morgan fingerprint density at radius 2 is 1.59 bits per heavy atom. The number of piperidine rings is 1. The van der Waals surface area contributed by atoms with Crippen molar-refractivity contribution in [2.24, 2.45) is 5.41 Å². The highest BCUT2D eigenvalue weighted by Crippen LogP contribution is 2.38. The Morgan fingerprint density at radius 1 is 1.09 bits per heavy atom. The third-order valence-electron chi connectivity index (χ3n) is 3.69. The minimum Gasteiger partial charge on any atom is -0.444 e. The van der Waals surface area contributed by atoms with Crippen molar-refractivity contribution in [1.82, 2.24) is 4.90 Å². The second kappa shape index (κ2) is 6.34. The molecular weight excluding hydrogens is 303 g/mol. The maximum atomic E-state index is 12.2. The fourth-order valence-corrected chi connectivity index (χ4v) is 2.36. The summed E-state index contributed by atoms with van der Waals surface area (Å²) < 4.78 is 45.5. The average molecular weight is 325 g/mol. The lowest BCUT2D eigenvalue weighted by atomic mass is 9.76. The first kappa shape index (κ1) is 18.6. The van der Waals surface area contributed by atoms with Crippen LogP contribution < -0.4 is 0 Å². The van der Waals surface area contributed by atoms with Crippen LogP contribution in [0.2, 0.25) is 0 Å². The van der Waals surface area contributed by atoms with Gasteiger partial charge in [0.15, 0.2) is 0 Å². The zero-order valence-electron chi connectivity index (χ0n) is 13.2. The molecule has 0 bridgehead atoms. The summed E-state index contributed by atoms with van der Waals surface area (Å²) in [6.07, 6.45) is -5.04. The highest BCUT2D eigenvalue weighted by Gasteiger charge is 2.47. The molecule has 22 heavy (non-hydrogen) atoms. The van der Waals surface area contributed by atoms with Crippen molar-refractivity contribution in [3.8, 4) is 0 Å². The molecule has 1 heterocycles. The van der Waals surface area contributed by atoms with E-state index in [0.717, 1.165) is 0 Å². The number of hydrogen-bond acceptors (Lipinski definition) is 4. The SMILES string of the molecule is CCC1(C(=O)OC(F)(F)F)CCN(C(=O)OC(C)(C)C)CC1. The normalized spacial score (nSPS) is 18.8. The molecule has 1 amide bonds. The van der Waals surface area contributed by atoms with Gasteiger partial charge in [-0.25, -0.2) is 4.79 Å². The quantitative estimate of drug-likeness (QED) is 0.730. The van der Waals surface area contributed by atoms with Crippen molar-refractivity contribution in [1.29, 1.82) is 0 Å². The summed E-state index contributed by atoms with van der Waals surface area (Å²) in [5.41, 5.74) is -1.85. The van der Waals surface area contributed by atoms with Gasteiger partial charge in [-0.1, -0.05) is 6.92 Å². The van der Waals surface area contributed by atoms with Crippen LogP contribution in [-0.2, 0) is 14.3 Å². The van der Waals surface area contributed by atoms with Crippen molar-refractivity contribution in [2.45, 2.75) is 58.9 Å². The van der Waals surface area contributed by atoms with Crippen molar-refractivity contribution < 1.29 is 32.2 Å². The van der Waals surface area contributed by atoms with Gasteiger partial charge < -0.3 is 14.4 Å². The Bertz CT molecular complexity index is 421. The lowest BCUT2D eigenvalue weighted by molar-refractivity contribution is -0.311. The number of nitrogens with zero attached hydrogens (tertiary/aromatic N) is 1. The number of alkyl halides is 3. The average Bonchev–Trinajstić information content (AvgIpc) is 2.34. The van der Waals surface area contributed by atoms with Gasteiger partial charge in [0.1, 0.15) is 5.60 Å². The largest absolute Gasteiger partial charge is 0.575 e. The minimum atomic E-state index is -4.98. The molecule has 1 saturated heterocycles. The lowest BCUT2D eigenvalue weighted by Gasteiger charge is -2.39. The Labute approximate surface area is 127 Å². The summed E-state index contributed by atoms with van der Waals surface area (Å²) in [4.78, 5) is 25.1. The van der Waals surface area contributed by atoms with Crippen LogP contribution in [0.3, 0.4) is 0 Å². The van der Waals surface area contributed by atoms with Gasteiger partial charge in [0.25, 0.3) is 0 Å². The number of ether oxygens (including phenoxy) is 2. The number of carbonyl (C=O) groups excluding carboxylic acids is 2. The minimum absolute atomic E-state index is 0.123. The van der Waals surface area contributed by atoms with E-state index in [1.54, 1.807) is 27.7 Å². The molecule has 1 fully saturated rings. The van der Waals surface area contributed by atoms with E-state index in [1.165, 1.54) is 4.90 Å². The molecule has 0 aromatic heterocycles. The summed E-state index contributed by atoms with van der Waals surface area (Å²) in [5.74, 6) is -1.27. The molecule has 0 saturated carbocycles.